The molecule has 0 saturated heterocycles. The second-order valence-electron chi connectivity index (χ2n) is 0.338. The van der Waals surface area contributed by atoms with E-state index in [9.17, 15) is 0 Å². The van der Waals surface area contributed by atoms with Crippen molar-refractivity contribution < 1.29 is 9.90 Å². The van der Waals surface area contributed by atoms with Crippen LogP contribution in [0.5, 0.6) is 0 Å². The SMILES string of the molecule is Cl.NC(=O)O. The monoisotopic (exact) mass is 97.0 g/mol. The lowest BCUT2D eigenvalue weighted by atomic mass is 11.3. The van der Waals surface area contributed by atoms with Crippen molar-refractivity contribution in [3.63, 3.8) is 0 Å². The Labute approximate surface area is 35.2 Å². The van der Waals surface area contributed by atoms with Gasteiger partial charge in [-0.3, -0.25) is 0 Å². The van der Waals surface area contributed by atoms with Gasteiger partial charge in [0.25, 0.3) is 0 Å². The third kappa shape index (κ3) is 44.8. The van der Waals surface area contributed by atoms with Gasteiger partial charge in [0.1, 0.15) is 0 Å². The maximum absolute atomic E-state index is 8.78. The van der Waals surface area contributed by atoms with E-state index in [0.29, 0.717) is 0 Å². The van der Waals surface area contributed by atoms with Gasteiger partial charge in [-0.1, -0.05) is 0 Å². The summed E-state index contributed by atoms with van der Waals surface area (Å²) in [6.07, 6.45) is -1.33. The molecule has 0 aliphatic carbocycles. The number of nitrogens with two attached hydrogens (primary N) is 1. The van der Waals surface area contributed by atoms with Crippen molar-refractivity contribution in [2.24, 2.45) is 5.73 Å². The van der Waals surface area contributed by atoms with Gasteiger partial charge >= 0.3 is 6.09 Å². The summed E-state index contributed by atoms with van der Waals surface area (Å²) in [4.78, 5) is 8.78. The van der Waals surface area contributed by atoms with E-state index < -0.39 is 6.09 Å². The van der Waals surface area contributed by atoms with Crippen LogP contribution in [-0.2, 0) is 0 Å². The fourth-order valence-corrected chi connectivity index (χ4v) is 0. The highest BCUT2D eigenvalue weighted by molar-refractivity contribution is 5.85. The number of hydrogen-bond acceptors (Lipinski definition) is 1. The number of halogens is 1. The van der Waals surface area contributed by atoms with Crippen LogP contribution in [0.2, 0.25) is 0 Å². The molecular formula is CH4ClNO2. The summed E-state index contributed by atoms with van der Waals surface area (Å²) in [5, 5.41) is 7.19. The van der Waals surface area contributed by atoms with Crippen molar-refractivity contribution in [1.82, 2.24) is 0 Å². The first kappa shape index (κ1) is 8.82. The first-order chi connectivity index (χ1) is 1.73. The molecule has 0 heterocycles. The molecule has 3 N–H and O–H groups in total. The second-order valence-corrected chi connectivity index (χ2v) is 0.338. The highest BCUT2D eigenvalue weighted by Crippen LogP contribution is 1.34. The Morgan fingerprint density at radius 3 is 1.80 bits per heavy atom. The largest absolute Gasteiger partial charge is 0.465 e. The van der Waals surface area contributed by atoms with Crippen LogP contribution in [0.1, 0.15) is 0 Å². The van der Waals surface area contributed by atoms with Crippen molar-refractivity contribution in [1.29, 1.82) is 0 Å². The number of primary amides is 1. The summed E-state index contributed by atoms with van der Waals surface area (Å²) in [5.74, 6) is 0. The Kier molecular flexibility index (Phi) is 6.28. The molecule has 3 nitrogen and oxygen atoms in total. The number of carboxylic acid groups (broad SMARTS) is 1. The molecular weight excluding hydrogens is 93.5 g/mol. The molecule has 4 heteroatoms. The molecule has 0 unspecified atom stereocenters. The molecule has 0 saturated carbocycles. The van der Waals surface area contributed by atoms with E-state index in [4.69, 9.17) is 9.90 Å². The predicted molar refractivity (Wildman–Crippen MR) is 19.5 cm³/mol. The van der Waals surface area contributed by atoms with Crippen molar-refractivity contribution in [3.8, 4) is 0 Å². The summed E-state index contributed by atoms with van der Waals surface area (Å²) in [7, 11) is 0. The predicted octanol–water partition coefficient (Wildman–Crippen LogP) is 0.0449. The Morgan fingerprint density at radius 2 is 1.80 bits per heavy atom. The van der Waals surface area contributed by atoms with E-state index in [1.807, 2.05) is 0 Å². The van der Waals surface area contributed by atoms with Crippen LogP contribution < -0.4 is 5.73 Å². The average Bonchev–Trinajstić information content (AvgIpc) is 0.811. The maximum atomic E-state index is 8.78. The molecule has 0 spiro atoms. The topological polar surface area (TPSA) is 63.3 Å². The zero-order chi connectivity index (χ0) is 3.58. The van der Waals surface area contributed by atoms with Gasteiger partial charge in [0.05, 0.1) is 0 Å². The molecule has 0 aliphatic heterocycles. The molecule has 0 aromatic rings. The standard InChI is InChI=1S/CH3NO2.ClH/c2-1(3)4;/h2H2,(H,3,4);1H. The van der Waals surface area contributed by atoms with Gasteiger partial charge in [-0.15, -0.1) is 12.4 Å². The van der Waals surface area contributed by atoms with Crippen molar-refractivity contribution in [2.45, 2.75) is 0 Å². The Bertz CT molecular complexity index is 32.6. The number of hydrogen-bond donors (Lipinski definition) is 2. The Hall–Kier alpha value is -0.440. The molecule has 0 aliphatic rings. The summed E-state index contributed by atoms with van der Waals surface area (Å²) in [6.45, 7) is 0. The van der Waals surface area contributed by atoms with E-state index in [0.717, 1.165) is 0 Å². The Morgan fingerprint density at radius 1 is 1.80 bits per heavy atom. The van der Waals surface area contributed by atoms with Crippen molar-refractivity contribution in [2.75, 3.05) is 0 Å². The molecule has 1 amide bonds. The number of rotatable bonds is 0. The van der Waals surface area contributed by atoms with Crippen LogP contribution >= 0.6 is 12.4 Å². The van der Waals surface area contributed by atoms with E-state index >= 15 is 0 Å². The van der Waals surface area contributed by atoms with Crippen molar-refractivity contribution >= 4 is 18.5 Å². The fraction of sp³-hybridized carbons (Fsp3) is 0. The van der Waals surface area contributed by atoms with Gasteiger partial charge < -0.3 is 10.8 Å². The summed E-state index contributed by atoms with van der Waals surface area (Å²) in [5.41, 5.74) is 4.03. The van der Waals surface area contributed by atoms with Crippen LogP contribution in [0.25, 0.3) is 0 Å². The molecule has 0 radical (unpaired) electrons. The van der Waals surface area contributed by atoms with Gasteiger partial charge in [-0.25, -0.2) is 4.79 Å². The molecule has 0 aromatic carbocycles. The zero-order valence-electron chi connectivity index (χ0n) is 2.34. The van der Waals surface area contributed by atoms with Gasteiger partial charge in [0, 0.05) is 0 Å². The van der Waals surface area contributed by atoms with E-state index in [1.165, 1.54) is 0 Å². The maximum Gasteiger partial charge on any atom is 0.402 e. The van der Waals surface area contributed by atoms with Crippen molar-refractivity contribution in [3.05, 3.63) is 0 Å². The Balaban J connectivity index is 0. The molecule has 0 aromatic heterocycles. The quantitative estimate of drug-likeness (QED) is 0.448. The second kappa shape index (κ2) is 3.56. The molecule has 0 bridgehead atoms. The van der Waals surface area contributed by atoms with Gasteiger partial charge in [-0.2, -0.15) is 0 Å². The first-order valence-electron chi connectivity index (χ1n) is 0.716. The van der Waals surface area contributed by atoms with E-state index in [1.54, 1.807) is 0 Å². The molecule has 32 valence electrons. The van der Waals surface area contributed by atoms with Crippen LogP contribution in [0.4, 0.5) is 4.79 Å². The van der Waals surface area contributed by atoms with Crippen LogP contribution in [0, 0.1) is 0 Å². The molecule has 0 fully saturated rings. The lowest BCUT2D eigenvalue weighted by molar-refractivity contribution is 0.205. The summed E-state index contributed by atoms with van der Waals surface area (Å²) >= 11 is 0. The third-order valence-electron chi connectivity index (χ3n) is 0. The van der Waals surface area contributed by atoms with E-state index in [-0.39, 0.29) is 12.4 Å². The number of amides is 1. The lowest BCUT2D eigenvalue weighted by Crippen LogP contribution is -2.03. The first-order valence-corrected chi connectivity index (χ1v) is 0.716. The van der Waals surface area contributed by atoms with Gasteiger partial charge in [-0.05, 0) is 0 Å². The highest BCUT2D eigenvalue weighted by atomic mass is 35.5. The lowest BCUT2D eigenvalue weighted by Gasteiger charge is -1.61. The van der Waals surface area contributed by atoms with Crippen LogP contribution in [-0.4, -0.2) is 11.2 Å². The zero-order valence-corrected chi connectivity index (χ0v) is 3.16. The number of carbonyl (C=O) groups is 1. The van der Waals surface area contributed by atoms with Gasteiger partial charge in [0.15, 0.2) is 0 Å². The van der Waals surface area contributed by atoms with Gasteiger partial charge in [0.2, 0.25) is 0 Å². The van der Waals surface area contributed by atoms with E-state index in [2.05, 4.69) is 5.73 Å². The third-order valence-corrected chi connectivity index (χ3v) is 0. The normalized spacial score (nSPS) is 4.80. The summed E-state index contributed by atoms with van der Waals surface area (Å²) < 4.78 is 0. The highest BCUT2D eigenvalue weighted by Gasteiger charge is 1.65. The van der Waals surface area contributed by atoms with Crippen LogP contribution in [0.15, 0.2) is 0 Å². The smallest absolute Gasteiger partial charge is 0.402 e. The molecule has 0 atom stereocenters. The molecule has 5 heavy (non-hydrogen) atoms. The minimum absolute atomic E-state index is 0. The minimum Gasteiger partial charge on any atom is -0.465 e. The minimum atomic E-state index is -1.33. The molecule has 0 rings (SSSR count). The van der Waals surface area contributed by atoms with Crippen LogP contribution in [0.3, 0.4) is 0 Å². The fourth-order valence-electron chi connectivity index (χ4n) is 0. The average molecular weight is 97.5 g/mol. The summed E-state index contributed by atoms with van der Waals surface area (Å²) in [6, 6.07) is 0.